The van der Waals surface area contributed by atoms with Gasteiger partial charge >= 0.3 is 0 Å². The van der Waals surface area contributed by atoms with Gasteiger partial charge < -0.3 is 4.74 Å². The van der Waals surface area contributed by atoms with E-state index in [4.69, 9.17) is 4.74 Å². The van der Waals surface area contributed by atoms with Crippen LogP contribution in [0.2, 0.25) is 0 Å². The van der Waals surface area contributed by atoms with Gasteiger partial charge in [0.1, 0.15) is 5.75 Å². The molecule has 0 spiro atoms. The van der Waals surface area contributed by atoms with Crippen molar-refractivity contribution in [3.63, 3.8) is 0 Å². The van der Waals surface area contributed by atoms with Gasteiger partial charge in [0.2, 0.25) is 0 Å². The molecule has 0 aliphatic rings. The Morgan fingerprint density at radius 3 is 1.79 bits per heavy atom. The Morgan fingerprint density at radius 1 is 0.750 bits per heavy atom. The fourth-order valence-corrected chi connectivity index (χ4v) is 2.93. The molecule has 5 heteroatoms. The van der Waals surface area contributed by atoms with Crippen LogP contribution >= 0.6 is 0 Å². The van der Waals surface area contributed by atoms with Crippen LogP contribution in [-0.4, -0.2) is 18.9 Å². The third kappa shape index (κ3) is 7.06. The number of hydrogen-bond acceptors (Lipinski definition) is 3. The maximum atomic E-state index is 12.2. The molecule has 2 amide bonds. The SMILES string of the molecule is CCCCCCCCc1ccc(C(=O)NNC(=O)c2ccc(OC)cc2)cc1. The molecule has 0 aliphatic carbocycles. The van der Waals surface area contributed by atoms with Gasteiger partial charge in [0, 0.05) is 11.1 Å². The largest absolute Gasteiger partial charge is 0.497 e. The van der Waals surface area contributed by atoms with Gasteiger partial charge in [-0.05, 0) is 54.8 Å². The molecule has 0 atom stereocenters. The van der Waals surface area contributed by atoms with E-state index in [1.165, 1.54) is 44.1 Å². The Hall–Kier alpha value is -2.82. The molecule has 0 radical (unpaired) electrons. The number of methoxy groups -OCH3 is 1. The van der Waals surface area contributed by atoms with Crippen LogP contribution in [0, 0.1) is 0 Å². The van der Waals surface area contributed by atoms with Crippen LogP contribution in [-0.2, 0) is 6.42 Å². The summed E-state index contributed by atoms with van der Waals surface area (Å²) in [5, 5.41) is 0. The number of aryl methyl sites for hydroxylation is 1. The molecule has 0 saturated carbocycles. The van der Waals surface area contributed by atoms with E-state index < -0.39 is 0 Å². The Bertz CT molecular complexity index is 739. The first-order valence-corrected chi connectivity index (χ1v) is 9.97. The van der Waals surface area contributed by atoms with Gasteiger partial charge in [0.25, 0.3) is 11.8 Å². The first kappa shape index (κ1) is 21.5. The van der Waals surface area contributed by atoms with Crippen LogP contribution in [0.1, 0.15) is 71.7 Å². The second-order valence-electron chi connectivity index (χ2n) is 6.85. The zero-order valence-electron chi connectivity index (χ0n) is 16.8. The lowest BCUT2D eigenvalue weighted by molar-refractivity contribution is 0.0846. The lowest BCUT2D eigenvalue weighted by atomic mass is 10.0. The van der Waals surface area contributed by atoms with E-state index in [2.05, 4.69) is 17.8 Å². The minimum atomic E-state index is -0.379. The predicted molar refractivity (Wildman–Crippen MR) is 111 cm³/mol. The normalized spacial score (nSPS) is 10.4. The third-order valence-electron chi connectivity index (χ3n) is 4.68. The van der Waals surface area contributed by atoms with E-state index in [-0.39, 0.29) is 11.8 Å². The first-order valence-electron chi connectivity index (χ1n) is 9.97. The second-order valence-corrected chi connectivity index (χ2v) is 6.85. The first-order chi connectivity index (χ1) is 13.6. The summed E-state index contributed by atoms with van der Waals surface area (Å²) < 4.78 is 5.06. The summed E-state index contributed by atoms with van der Waals surface area (Å²) in [7, 11) is 1.56. The van der Waals surface area contributed by atoms with E-state index >= 15 is 0 Å². The topological polar surface area (TPSA) is 67.4 Å². The molecule has 0 fully saturated rings. The molecule has 0 aliphatic heterocycles. The number of hydrazine groups is 1. The number of carbonyl (C=O) groups is 2. The number of hydrogen-bond donors (Lipinski definition) is 2. The van der Waals surface area contributed by atoms with Gasteiger partial charge in [-0.25, -0.2) is 0 Å². The monoisotopic (exact) mass is 382 g/mol. The standard InChI is InChI=1S/C23H30N2O3/c1-3-4-5-6-7-8-9-18-10-12-19(13-11-18)22(26)24-25-23(27)20-14-16-21(28-2)17-15-20/h10-17H,3-9H2,1-2H3,(H,24,26)(H,25,27). The van der Waals surface area contributed by atoms with Crippen molar-refractivity contribution in [1.29, 1.82) is 0 Å². The molecule has 2 N–H and O–H groups in total. The van der Waals surface area contributed by atoms with E-state index in [9.17, 15) is 9.59 Å². The minimum absolute atomic E-state index is 0.340. The average molecular weight is 383 g/mol. The number of unbranched alkanes of at least 4 members (excludes halogenated alkanes) is 5. The molecule has 0 unspecified atom stereocenters. The highest BCUT2D eigenvalue weighted by Crippen LogP contribution is 2.12. The maximum absolute atomic E-state index is 12.2. The van der Waals surface area contributed by atoms with Crippen LogP contribution in [0.3, 0.4) is 0 Å². The van der Waals surface area contributed by atoms with Crippen LogP contribution in [0.4, 0.5) is 0 Å². The quantitative estimate of drug-likeness (QED) is 0.463. The number of rotatable bonds is 10. The predicted octanol–water partition coefficient (Wildman–Crippen LogP) is 4.67. The second kappa shape index (κ2) is 11.8. The van der Waals surface area contributed by atoms with Crippen LogP contribution in [0.25, 0.3) is 0 Å². The summed E-state index contributed by atoms with van der Waals surface area (Å²) in [6, 6.07) is 14.2. The van der Waals surface area contributed by atoms with Crippen LogP contribution < -0.4 is 15.6 Å². The molecular weight excluding hydrogens is 352 g/mol. The van der Waals surface area contributed by atoms with Crippen molar-refractivity contribution in [2.75, 3.05) is 7.11 Å². The van der Waals surface area contributed by atoms with Gasteiger partial charge in [-0.2, -0.15) is 0 Å². The summed E-state index contributed by atoms with van der Waals surface area (Å²) in [6.07, 6.45) is 8.65. The summed E-state index contributed by atoms with van der Waals surface area (Å²) in [5.41, 5.74) is 7.06. The van der Waals surface area contributed by atoms with Crippen molar-refractivity contribution in [2.24, 2.45) is 0 Å². The Kier molecular flexibility index (Phi) is 9.05. The zero-order valence-corrected chi connectivity index (χ0v) is 16.8. The molecule has 28 heavy (non-hydrogen) atoms. The van der Waals surface area contributed by atoms with Crippen LogP contribution in [0.5, 0.6) is 5.75 Å². The van der Waals surface area contributed by atoms with E-state index in [1.807, 2.05) is 12.1 Å². The van der Waals surface area contributed by atoms with Crippen molar-refractivity contribution in [3.8, 4) is 5.75 Å². The summed E-state index contributed by atoms with van der Waals surface area (Å²) >= 11 is 0. The average Bonchev–Trinajstić information content (AvgIpc) is 2.74. The van der Waals surface area contributed by atoms with Crippen molar-refractivity contribution < 1.29 is 14.3 Å². The maximum Gasteiger partial charge on any atom is 0.269 e. The summed E-state index contributed by atoms with van der Waals surface area (Å²) in [6.45, 7) is 2.22. The molecule has 150 valence electrons. The van der Waals surface area contributed by atoms with E-state index in [0.717, 1.165) is 6.42 Å². The minimum Gasteiger partial charge on any atom is -0.497 e. The highest BCUT2D eigenvalue weighted by molar-refractivity contribution is 5.99. The fourth-order valence-electron chi connectivity index (χ4n) is 2.93. The lowest BCUT2D eigenvalue weighted by Crippen LogP contribution is -2.41. The molecule has 5 nitrogen and oxygen atoms in total. The van der Waals surface area contributed by atoms with E-state index in [0.29, 0.717) is 16.9 Å². The van der Waals surface area contributed by atoms with E-state index in [1.54, 1.807) is 43.5 Å². The third-order valence-corrected chi connectivity index (χ3v) is 4.68. The molecule has 2 rings (SSSR count). The molecule has 0 bridgehead atoms. The fraction of sp³-hybridized carbons (Fsp3) is 0.391. The number of benzene rings is 2. The molecule has 0 saturated heterocycles. The summed E-state index contributed by atoms with van der Waals surface area (Å²) in [4.78, 5) is 24.3. The molecule has 2 aromatic rings. The van der Waals surface area contributed by atoms with Crippen LogP contribution in [0.15, 0.2) is 48.5 Å². The molecule has 2 aromatic carbocycles. The van der Waals surface area contributed by atoms with Gasteiger partial charge in [0.15, 0.2) is 0 Å². The molecule has 0 heterocycles. The number of nitrogens with one attached hydrogen (secondary N) is 2. The van der Waals surface area contributed by atoms with Gasteiger partial charge in [-0.15, -0.1) is 0 Å². The Morgan fingerprint density at radius 2 is 1.25 bits per heavy atom. The summed E-state index contributed by atoms with van der Waals surface area (Å²) in [5.74, 6) is -0.0506. The van der Waals surface area contributed by atoms with Crippen molar-refractivity contribution in [2.45, 2.75) is 51.9 Å². The highest BCUT2D eigenvalue weighted by atomic mass is 16.5. The number of carbonyl (C=O) groups excluding carboxylic acids is 2. The Labute approximate surface area is 167 Å². The number of ether oxygens (including phenoxy) is 1. The number of amides is 2. The zero-order chi connectivity index (χ0) is 20.2. The lowest BCUT2D eigenvalue weighted by Gasteiger charge is -2.09. The van der Waals surface area contributed by atoms with Gasteiger partial charge in [0.05, 0.1) is 7.11 Å². The Balaban J connectivity index is 1.75. The van der Waals surface area contributed by atoms with Crippen molar-refractivity contribution >= 4 is 11.8 Å². The van der Waals surface area contributed by atoms with Crippen molar-refractivity contribution in [1.82, 2.24) is 10.9 Å². The van der Waals surface area contributed by atoms with Crippen molar-refractivity contribution in [3.05, 3.63) is 65.2 Å². The highest BCUT2D eigenvalue weighted by Gasteiger charge is 2.09. The molecule has 0 aromatic heterocycles. The van der Waals surface area contributed by atoms with Gasteiger partial charge in [-0.1, -0.05) is 51.2 Å². The molecular formula is C23H30N2O3. The smallest absolute Gasteiger partial charge is 0.269 e. The van der Waals surface area contributed by atoms with Gasteiger partial charge in [-0.3, -0.25) is 20.4 Å².